The summed E-state index contributed by atoms with van der Waals surface area (Å²) in [5.41, 5.74) is 0. The molecule has 0 spiro atoms. The van der Waals surface area contributed by atoms with Crippen LogP contribution in [0.3, 0.4) is 0 Å². The molecule has 0 bridgehead atoms. The number of carbonyl (C=O) groups excluding carboxylic acids is 1. The molecule has 0 saturated carbocycles. The SMILES string of the molecule is O=C(NC[C@H]1CCCN(Cc2sc3ccccc3c2Cl)C1)c1cccs1. The number of likely N-dealkylation sites (tertiary alicyclic amines) is 1. The Labute approximate surface area is 166 Å². The molecule has 0 aliphatic carbocycles. The summed E-state index contributed by atoms with van der Waals surface area (Å²) in [7, 11) is 0. The predicted octanol–water partition coefficient (Wildman–Crippen LogP) is 5.26. The Hall–Kier alpha value is -1.40. The first-order valence-corrected chi connectivity index (χ1v) is 11.0. The molecule has 2 aromatic heterocycles. The molecule has 4 rings (SSSR count). The zero-order chi connectivity index (χ0) is 17.9. The maximum absolute atomic E-state index is 12.1. The van der Waals surface area contributed by atoms with E-state index in [-0.39, 0.29) is 5.91 Å². The van der Waals surface area contributed by atoms with Crippen molar-refractivity contribution in [1.82, 2.24) is 10.2 Å². The van der Waals surface area contributed by atoms with Crippen molar-refractivity contribution in [2.45, 2.75) is 19.4 Å². The van der Waals surface area contributed by atoms with Crippen molar-refractivity contribution in [1.29, 1.82) is 0 Å². The van der Waals surface area contributed by atoms with Gasteiger partial charge in [0.05, 0.1) is 9.90 Å². The first kappa shape index (κ1) is 18.0. The van der Waals surface area contributed by atoms with Crippen LogP contribution >= 0.6 is 34.3 Å². The van der Waals surface area contributed by atoms with Crippen LogP contribution < -0.4 is 5.32 Å². The van der Waals surface area contributed by atoms with Crippen LogP contribution in [0.5, 0.6) is 0 Å². The summed E-state index contributed by atoms with van der Waals surface area (Å²) in [4.78, 5) is 16.6. The summed E-state index contributed by atoms with van der Waals surface area (Å²) < 4.78 is 1.25. The Balaban J connectivity index is 1.36. The van der Waals surface area contributed by atoms with Crippen molar-refractivity contribution in [2.24, 2.45) is 5.92 Å². The molecule has 1 aliphatic rings. The number of carbonyl (C=O) groups is 1. The number of benzene rings is 1. The number of thiophene rings is 2. The topological polar surface area (TPSA) is 32.3 Å². The van der Waals surface area contributed by atoms with Crippen molar-refractivity contribution in [3.05, 3.63) is 56.6 Å². The van der Waals surface area contributed by atoms with E-state index >= 15 is 0 Å². The van der Waals surface area contributed by atoms with Crippen molar-refractivity contribution >= 4 is 50.3 Å². The number of hydrogen-bond acceptors (Lipinski definition) is 4. The molecule has 1 saturated heterocycles. The second-order valence-corrected chi connectivity index (χ2v) is 9.23. The quantitative estimate of drug-likeness (QED) is 0.629. The zero-order valence-corrected chi connectivity index (χ0v) is 16.8. The van der Waals surface area contributed by atoms with E-state index in [2.05, 4.69) is 28.4 Å². The second-order valence-electron chi connectivity index (χ2n) is 6.77. The molecule has 3 nitrogen and oxygen atoms in total. The Morgan fingerprint density at radius 1 is 1.27 bits per heavy atom. The van der Waals surface area contributed by atoms with E-state index in [4.69, 9.17) is 11.6 Å². The molecule has 0 unspecified atom stereocenters. The van der Waals surface area contributed by atoms with Gasteiger partial charge in [-0.05, 0) is 42.8 Å². The van der Waals surface area contributed by atoms with Gasteiger partial charge in [0.2, 0.25) is 0 Å². The number of nitrogens with zero attached hydrogens (tertiary/aromatic N) is 1. The fraction of sp³-hybridized carbons (Fsp3) is 0.350. The number of rotatable bonds is 5. The number of amides is 1. The van der Waals surface area contributed by atoms with Gasteiger partial charge >= 0.3 is 0 Å². The fourth-order valence-electron chi connectivity index (χ4n) is 3.56. The molecule has 3 aromatic rings. The van der Waals surface area contributed by atoms with Crippen molar-refractivity contribution < 1.29 is 4.79 Å². The molecular weight excluding hydrogens is 384 g/mol. The van der Waals surface area contributed by atoms with Crippen LogP contribution in [0.2, 0.25) is 5.02 Å². The zero-order valence-electron chi connectivity index (χ0n) is 14.4. The van der Waals surface area contributed by atoms with Crippen LogP contribution in [0.1, 0.15) is 27.4 Å². The monoisotopic (exact) mass is 404 g/mol. The van der Waals surface area contributed by atoms with Crippen LogP contribution in [0.4, 0.5) is 0 Å². The summed E-state index contributed by atoms with van der Waals surface area (Å²) in [6.07, 6.45) is 2.34. The van der Waals surface area contributed by atoms with Gasteiger partial charge in [-0.1, -0.05) is 35.9 Å². The molecule has 3 heterocycles. The van der Waals surface area contributed by atoms with Gasteiger partial charge in [-0.15, -0.1) is 22.7 Å². The van der Waals surface area contributed by atoms with Crippen molar-refractivity contribution in [3.63, 3.8) is 0 Å². The average Bonchev–Trinajstić information content (AvgIpc) is 3.30. The highest BCUT2D eigenvalue weighted by atomic mass is 35.5. The molecule has 1 aromatic carbocycles. The second kappa shape index (κ2) is 8.09. The van der Waals surface area contributed by atoms with Gasteiger partial charge in [0, 0.05) is 34.6 Å². The van der Waals surface area contributed by atoms with Crippen LogP contribution in [-0.4, -0.2) is 30.4 Å². The predicted molar refractivity (Wildman–Crippen MR) is 111 cm³/mol. The summed E-state index contributed by atoms with van der Waals surface area (Å²) in [6.45, 7) is 3.75. The van der Waals surface area contributed by atoms with E-state index in [9.17, 15) is 4.79 Å². The highest BCUT2D eigenvalue weighted by molar-refractivity contribution is 7.19. The number of nitrogens with one attached hydrogen (secondary N) is 1. The molecule has 1 aliphatic heterocycles. The number of fused-ring (bicyclic) bond motifs is 1. The summed E-state index contributed by atoms with van der Waals surface area (Å²) in [6, 6.07) is 12.1. The van der Waals surface area contributed by atoms with Gasteiger partial charge < -0.3 is 5.32 Å². The highest BCUT2D eigenvalue weighted by Crippen LogP contribution is 2.36. The Morgan fingerprint density at radius 2 is 2.15 bits per heavy atom. The Kier molecular flexibility index (Phi) is 5.60. The molecule has 26 heavy (non-hydrogen) atoms. The standard InChI is InChI=1S/C20H21ClN2OS2/c21-19-15-6-1-2-7-16(15)26-18(19)13-23-9-3-5-14(12-23)11-22-20(24)17-8-4-10-25-17/h1-2,4,6-8,10,14H,3,5,9,11-13H2,(H,22,24)/t14-/m1/s1. The average molecular weight is 405 g/mol. The minimum atomic E-state index is 0.0460. The lowest BCUT2D eigenvalue weighted by Crippen LogP contribution is -2.40. The van der Waals surface area contributed by atoms with Gasteiger partial charge in [-0.3, -0.25) is 9.69 Å². The van der Waals surface area contributed by atoms with Crippen molar-refractivity contribution in [2.75, 3.05) is 19.6 Å². The Bertz CT molecular complexity index is 890. The van der Waals surface area contributed by atoms with E-state index in [0.29, 0.717) is 5.92 Å². The maximum Gasteiger partial charge on any atom is 0.261 e. The van der Waals surface area contributed by atoms with Crippen LogP contribution in [0.25, 0.3) is 10.1 Å². The van der Waals surface area contributed by atoms with Crippen LogP contribution in [0.15, 0.2) is 41.8 Å². The molecule has 136 valence electrons. The third-order valence-electron chi connectivity index (χ3n) is 4.87. The van der Waals surface area contributed by atoms with E-state index < -0.39 is 0 Å². The molecule has 1 N–H and O–H groups in total. The van der Waals surface area contributed by atoms with E-state index in [1.807, 2.05) is 23.6 Å². The van der Waals surface area contributed by atoms with Crippen molar-refractivity contribution in [3.8, 4) is 0 Å². The highest BCUT2D eigenvalue weighted by Gasteiger charge is 2.22. The van der Waals surface area contributed by atoms with E-state index in [1.54, 1.807) is 11.3 Å². The van der Waals surface area contributed by atoms with Gasteiger partial charge in [-0.2, -0.15) is 0 Å². The minimum Gasteiger partial charge on any atom is -0.351 e. The minimum absolute atomic E-state index is 0.0460. The lowest BCUT2D eigenvalue weighted by molar-refractivity contribution is 0.0935. The molecule has 1 fully saturated rings. The lowest BCUT2D eigenvalue weighted by atomic mass is 9.98. The van der Waals surface area contributed by atoms with Crippen LogP contribution in [-0.2, 0) is 6.54 Å². The number of hydrogen-bond donors (Lipinski definition) is 1. The lowest BCUT2D eigenvalue weighted by Gasteiger charge is -2.32. The molecule has 1 amide bonds. The summed E-state index contributed by atoms with van der Waals surface area (Å²) >= 11 is 9.88. The molecule has 1 atom stereocenters. The fourth-order valence-corrected chi connectivity index (χ4v) is 5.74. The number of halogens is 1. The van der Waals surface area contributed by atoms with Gasteiger partial charge in [0.25, 0.3) is 5.91 Å². The van der Waals surface area contributed by atoms with Gasteiger partial charge in [0.15, 0.2) is 0 Å². The smallest absolute Gasteiger partial charge is 0.261 e. The summed E-state index contributed by atoms with van der Waals surface area (Å²) in [5.74, 6) is 0.547. The largest absolute Gasteiger partial charge is 0.351 e. The maximum atomic E-state index is 12.1. The van der Waals surface area contributed by atoms with E-state index in [0.717, 1.165) is 41.5 Å². The van der Waals surface area contributed by atoms with Crippen LogP contribution in [0, 0.1) is 5.92 Å². The first-order valence-electron chi connectivity index (χ1n) is 8.90. The van der Waals surface area contributed by atoms with Gasteiger partial charge in [0.1, 0.15) is 0 Å². The molecular formula is C20H21ClN2OS2. The third-order valence-corrected chi connectivity index (χ3v) is 7.44. The normalized spacial score (nSPS) is 18.3. The molecule has 0 radical (unpaired) electrons. The summed E-state index contributed by atoms with van der Waals surface area (Å²) in [5, 5.41) is 7.09. The third kappa shape index (κ3) is 3.96. The first-order chi connectivity index (χ1) is 12.7. The van der Waals surface area contributed by atoms with Gasteiger partial charge in [-0.25, -0.2) is 0 Å². The Morgan fingerprint density at radius 3 is 2.96 bits per heavy atom. The molecule has 6 heteroatoms. The number of piperidine rings is 1. The van der Waals surface area contributed by atoms with E-state index in [1.165, 1.54) is 33.8 Å².